The smallest absolute Gasteiger partial charge is 0.175 e. The van der Waals surface area contributed by atoms with Crippen LogP contribution in [0.1, 0.15) is 11.1 Å². The topological polar surface area (TPSA) is 72.5 Å². The lowest BCUT2D eigenvalue weighted by atomic mass is 10.0. The molecule has 2 aromatic rings. The first kappa shape index (κ1) is 13.3. The van der Waals surface area contributed by atoms with Gasteiger partial charge in [-0.2, -0.15) is 5.10 Å². The van der Waals surface area contributed by atoms with E-state index in [0.29, 0.717) is 5.71 Å². The second-order valence-electron chi connectivity index (χ2n) is 4.14. The highest BCUT2D eigenvalue weighted by atomic mass is 32.2. The van der Waals surface area contributed by atoms with Crippen molar-refractivity contribution in [3.63, 3.8) is 0 Å². The molecule has 0 aliphatic rings. The van der Waals surface area contributed by atoms with Crippen LogP contribution in [0.2, 0.25) is 0 Å². The molecule has 2 rings (SSSR count). The molecule has 0 aromatic heterocycles. The number of benzene rings is 2. The first-order chi connectivity index (χ1) is 9.02. The maximum absolute atomic E-state index is 11.4. The summed E-state index contributed by atoms with van der Waals surface area (Å²) in [5, 5.41) is 3.79. The third-order valence-electron chi connectivity index (χ3n) is 2.73. The molecule has 0 aliphatic heterocycles. The molecular weight excluding hydrogens is 260 g/mol. The van der Waals surface area contributed by atoms with Gasteiger partial charge in [-0.3, -0.25) is 0 Å². The van der Waals surface area contributed by atoms with E-state index in [0.717, 1.165) is 11.1 Å². The summed E-state index contributed by atoms with van der Waals surface area (Å²) in [6.45, 7) is 0. The van der Waals surface area contributed by atoms with Gasteiger partial charge < -0.3 is 5.84 Å². The van der Waals surface area contributed by atoms with Gasteiger partial charge in [0.2, 0.25) is 0 Å². The van der Waals surface area contributed by atoms with Crippen molar-refractivity contribution in [2.75, 3.05) is 6.26 Å². The molecule has 0 atom stereocenters. The maximum atomic E-state index is 11.4. The lowest BCUT2D eigenvalue weighted by Crippen LogP contribution is -2.07. The Kier molecular flexibility index (Phi) is 3.66. The van der Waals surface area contributed by atoms with Crippen molar-refractivity contribution >= 4 is 15.5 Å². The number of nitrogens with two attached hydrogens (primary N) is 1. The zero-order valence-electron chi connectivity index (χ0n) is 10.4. The Morgan fingerprint density at radius 1 is 0.947 bits per heavy atom. The lowest BCUT2D eigenvalue weighted by Gasteiger charge is -2.06. The standard InChI is InChI=1S/C14H14N2O2S/c1-19(17,18)13-9-7-12(8-10-13)14(16-15)11-5-3-2-4-6-11/h2-10H,15H2,1H3. The van der Waals surface area contributed by atoms with Crippen LogP contribution in [0, 0.1) is 0 Å². The van der Waals surface area contributed by atoms with Gasteiger partial charge in [-0.05, 0) is 12.1 Å². The van der Waals surface area contributed by atoms with Crippen LogP contribution in [0.25, 0.3) is 0 Å². The summed E-state index contributed by atoms with van der Waals surface area (Å²) in [6, 6.07) is 16.0. The SMILES string of the molecule is CS(=O)(=O)c1ccc(C(=NN)c2ccccc2)cc1. The minimum atomic E-state index is -3.19. The zero-order chi connectivity index (χ0) is 13.9. The number of hydrogen-bond donors (Lipinski definition) is 1. The van der Waals surface area contributed by atoms with Gasteiger partial charge in [0.05, 0.1) is 10.6 Å². The third-order valence-corrected chi connectivity index (χ3v) is 3.86. The molecule has 2 N–H and O–H groups in total. The lowest BCUT2D eigenvalue weighted by molar-refractivity contribution is 0.602. The Morgan fingerprint density at radius 3 is 1.95 bits per heavy atom. The molecule has 0 bridgehead atoms. The molecule has 0 spiro atoms. The zero-order valence-corrected chi connectivity index (χ0v) is 11.3. The highest BCUT2D eigenvalue weighted by Gasteiger charge is 2.10. The minimum Gasteiger partial charge on any atom is -0.323 e. The summed E-state index contributed by atoms with van der Waals surface area (Å²) in [4.78, 5) is 0.278. The van der Waals surface area contributed by atoms with Gasteiger partial charge in [0, 0.05) is 17.4 Å². The molecular formula is C14H14N2O2S. The van der Waals surface area contributed by atoms with Gasteiger partial charge in [0.15, 0.2) is 9.84 Å². The minimum absolute atomic E-state index is 0.278. The van der Waals surface area contributed by atoms with Crippen molar-refractivity contribution in [3.8, 4) is 0 Å². The monoisotopic (exact) mass is 274 g/mol. The van der Waals surface area contributed by atoms with E-state index in [1.54, 1.807) is 24.3 Å². The fraction of sp³-hybridized carbons (Fsp3) is 0.0714. The second kappa shape index (κ2) is 5.24. The summed E-state index contributed by atoms with van der Waals surface area (Å²) >= 11 is 0. The number of hydrazone groups is 1. The van der Waals surface area contributed by atoms with Crippen molar-refractivity contribution in [1.29, 1.82) is 0 Å². The predicted molar refractivity (Wildman–Crippen MR) is 75.8 cm³/mol. The van der Waals surface area contributed by atoms with Crippen LogP contribution < -0.4 is 5.84 Å². The van der Waals surface area contributed by atoms with Crippen molar-refractivity contribution in [2.45, 2.75) is 4.90 Å². The Labute approximate surface area is 112 Å². The molecule has 19 heavy (non-hydrogen) atoms. The molecule has 2 aromatic carbocycles. The van der Waals surface area contributed by atoms with E-state index in [1.165, 1.54) is 6.26 Å². The van der Waals surface area contributed by atoms with Crippen molar-refractivity contribution in [2.24, 2.45) is 10.9 Å². The van der Waals surface area contributed by atoms with Gasteiger partial charge in [-0.25, -0.2) is 8.42 Å². The molecule has 0 fully saturated rings. The Morgan fingerprint density at radius 2 is 1.47 bits per heavy atom. The fourth-order valence-electron chi connectivity index (χ4n) is 1.77. The molecule has 0 saturated heterocycles. The van der Waals surface area contributed by atoms with Gasteiger partial charge in [0.25, 0.3) is 0 Å². The molecule has 0 unspecified atom stereocenters. The van der Waals surface area contributed by atoms with Crippen LogP contribution in [0.5, 0.6) is 0 Å². The van der Waals surface area contributed by atoms with E-state index in [1.807, 2.05) is 30.3 Å². The summed E-state index contributed by atoms with van der Waals surface area (Å²) < 4.78 is 22.8. The van der Waals surface area contributed by atoms with Gasteiger partial charge in [-0.1, -0.05) is 42.5 Å². The molecule has 98 valence electrons. The van der Waals surface area contributed by atoms with Crippen LogP contribution in [0.3, 0.4) is 0 Å². The Hall–Kier alpha value is -2.14. The van der Waals surface area contributed by atoms with Crippen LogP contribution in [-0.2, 0) is 9.84 Å². The maximum Gasteiger partial charge on any atom is 0.175 e. The first-order valence-electron chi connectivity index (χ1n) is 5.66. The van der Waals surface area contributed by atoms with E-state index in [2.05, 4.69) is 5.10 Å². The molecule has 4 nitrogen and oxygen atoms in total. The van der Waals surface area contributed by atoms with Crippen LogP contribution in [-0.4, -0.2) is 20.4 Å². The van der Waals surface area contributed by atoms with Crippen LogP contribution in [0.4, 0.5) is 0 Å². The van der Waals surface area contributed by atoms with E-state index in [9.17, 15) is 8.42 Å². The molecule has 0 heterocycles. The van der Waals surface area contributed by atoms with Gasteiger partial charge in [-0.15, -0.1) is 0 Å². The van der Waals surface area contributed by atoms with Crippen molar-refractivity contribution in [1.82, 2.24) is 0 Å². The first-order valence-corrected chi connectivity index (χ1v) is 7.55. The molecule has 5 heteroatoms. The average Bonchev–Trinajstić information content (AvgIpc) is 2.40. The van der Waals surface area contributed by atoms with E-state index in [-0.39, 0.29) is 4.90 Å². The molecule has 0 saturated carbocycles. The second-order valence-corrected chi connectivity index (χ2v) is 6.16. The number of hydrogen-bond acceptors (Lipinski definition) is 4. The fourth-order valence-corrected chi connectivity index (χ4v) is 2.40. The third kappa shape index (κ3) is 3.00. The highest BCUT2D eigenvalue weighted by Crippen LogP contribution is 2.14. The van der Waals surface area contributed by atoms with E-state index in [4.69, 9.17) is 5.84 Å². The Balaban J connectivity index is 2.42. The van der Waals surface area contributed by atoms with Crippen LogP contribution in [0.15, 0.2) is 64.6 Å². The highest BCUT2D eigenvalue weighted by molar-refractivity contribution is 7.90. The van der Waals surface area contributed by atoms with Gasteiger partial charge in [0.1, 0.15) is 0 Å². The van der Waals surface area contributed by atoms with E-state index < -0.39 is 9.84 Å². The summed E-state index contributed by atoms with van der Waals surface area (Å²) in [5.41, 5.74) is 2.29. The molecule has 0 radical (unpaired) electrons. The quantitative estimate of drug-likeness (QED) is 0.527. The summed E-state index contributed by atoms with van der Waals surface area (Å²) in [5.74, 6) is 5.43. The number of sulfone groups is 1. The predicted octanol–water partition coefficient (Wildman–Crippen LogP) is 1.80. The number of nitrogens with zero attached hydrogens (tertiary/aromatic N) is 1. The average molecular weight is 274 g/mol. The van der Waals surface area contributed by atoms with Crippen molar-refractivity contribution < 1.29 is 8.42 Å². The van der Waals surface area contributed by atoms with Gasteiger partial charge >= 0.3 is 0 Å². The Bertz CT molecular complexity index is 690. The summed E-state index contributed by atoms with van der Waals surface area (Å²) in [7, 11) is -3.19. The largest absolute Gasteiger partial charge is 0.323 e. The number of rotatable bonds is 3. The molecule has 0 aliphatic carbocycles. The summed E-state index contributed by atoms with van der Waals surface area (Å²) in [6.07, 6.45) is 1.18. The van der Waals surface area contributed by atoms with E-state index >= 15 is 0 Å². The van der Waals surface area contributed by atoms with Crippen LogP contribution >= 0.6 is 0 Å². The normalized spacial score (nSPS) is 12.4. The van der Waals surface area contributed by atoms with Crippen molar-refractivity contribution in [3.05, 3.63) is 65.7 Å². The molecule has 0 amide bonds.